The minimum atomic E-state index is -0.122. The van der Waals surface area contributed by atoms with Crippen molar-refractivity contribution in [2.45, 2.75) is 6.54 Å². The van der Waals surface area contributed by atoms with E-state index in [4.69, 9.17) is 11.6 Å². The molecule has 0 atom stereocenters. The first-order valence-electron chi connectivity index (χ1n) is 7.95. The van der Waals surface area contributed by atoms with Gasteiger partial charge in [-0.05, 0) is 11.6 Å². The molecule has 0 spiro atoms. The standard InChI is InChI=1S/C17H18ClN5O2/c18-15-4-2-1-3-13(15)9-19-17-20-10-14(11-21-17)16(25)23-7-5-22(12-24)6-8-23/h1-4,10-12H,5-9H2,(H,19,20,21). The molecule has 25 heavy (non-hydrogen) atoms. The number of anilines is 1. The fraction of sp³-hybridized carbons (Fsp3) is 0.294. The number of piperazine rings is 1. The second-order valence-electron chi connectivity index (χ2n) is 5.67. The first-order valence-corrected chi connectivity index (χ1v) is 8.33. The van der Waals surface area contributed by atoms with Crippen molar-refractivity contribution in [3.8, 4) is 0 Å². The zero-order valence-electron chi connectivity index (χ0n) is 13.6. The van der Waals surface area contributed by atoms with Gasteiger partial charge >= 0.3 is 0 Å². The van der Waals surface area contributed by atoms with E-state index in [-0.39, 0.29) is 5.91 Å². The summed E-state index contributed by atoms with van der Waals surface area (Å²) >= 11 is 6.11. The summed E-state index contributed by atoms with van der Waals surface area (Å²) in [4.78, 5) is 34.9. The minimum Gasteiger partial charge on any atom is -0.350 e. The Morgan fingerprint density at radius 1 is 1.16 bits per heavy atom. The number of hydrogen-bond donors (Lipinski definition) is 1. The number of halogens is 1. The highest BCUT2D eigenvalue weighted by molar-refractivity contribution is 6.31. The Morgan fingerprint density at radius 2 is 1.84 bits per heavy atom. The number of carbonyl (C=O) groups is 2. The number of nitrogens with one attached hydrogen (secondary N) is 1. The molecular weight excluding hydrogens is 342 g/mol. The molecule has 2 aromatic rings. The summed E-state index contributed by atoms with van der Waals surface area (Å²) in [5.41, 5.74) is 1.38. The third-order valence-electron chi connectivity index (χ3n) is 4.04. The van der Waals surface area contributed by atoms with Crippen LogP contribution in [-0.4, -0.2) is 58.3 Å². The van der Waals surface area contributed by atoms with Gasteiger partial charge < -0.3 is 15.1 Å². The molecule has 1 saturated heterocycles. The Morgan fingerprint density at radius 3 is 2.48 bits per heavy atom. The lowest BCUT2D eigenvalue weighted by atomic mass is 10.2. The first-order chi connectivity index (χ1) is 12.2. The monoisotopic (exact) mass is 359 g/mol. The predicted molar refractivity (Wildman–Crippen MR) is 94.4 cm³/mol. The third-order valence-corrected chi connectivity index (χ3v) is 4.41. The van der Waals surface area contributed by atoms with Gasteiger partial charge in [0.1, 0.15) is 0 Å². The SMILES string of the molecule is O=CN1CCN(C(=O)c2cnc(NCc3ccccc3Cl)nc2)CC1. The van der Waals surface area contributed by atoms with E-state index in [9.17, 15) is 9.59 Å². The molecule has 1 aliphatic heterocycles. The number of amides is 2. The molecule has 0 unspecified atom stereocenters. The van der Waals surface area contributed by atoms with Crippen LogP contribution in [0, 0.1) is 0 Å². The predicted octanol–water partition coefficient (Wildman–Crippen LogP) is 1.66. The van der Waals surface area contributed by atoms with Crippen molar-refractivity contribution in [2.75, 3.05) is 31.5 Å². The van der Waals surface area contributed by atoms with Gasteiger partial charge in [0, 0.05) is 50.1 Å². The maximum atomic E-state index is 12.4. The van der Waals surface area contributed by atoms with Crippen molar-refractivity contribution in [2.24, 2.45) is 0 Å². The van der Waals surface area contributed by atoms with Gasteiger partial charge in [-0.15, -0.1) is 0 Å². The quantitative estimate of drug-likeness (QED) is 0.821. The van der Waals surface area contributed by atoms with E-state index >= 15 is 0 Å². The lowest BCUT2D eigenvalue weighted by Crippen LogP contribution is -2.48. The molecule has 1 aromatic carbocycles. The van der Waals surface area contributed by atoms with Crippen LogP contribution in [0.4, 0.5) is 5.95 Å². The molecule has 1 aliphatic rings. The molecule has 0 radical (unpaired) electrons. The van der Waals surface area contributed by atoms with Crippen LogP contribution in [0.3, 0.4) is 0 Å². The maximum Gasteiger partial charge on any atom is 0.257 e. The van der Waals surface area contributed by atoms with Crippen LogP contribution in [0.25, 0.3) is 0 Å². The summed E-state index contributed by atoms with van der Waals surface area (Å²) in [6.45, 7) is 2.63. The number of aromatic nitrogens is 2. The van der Waals surface area contributed by atoms with Crippen LogP contribution in [0.1, 0.15) is 15.9 Å². The molecule has 1 N–H and O–H groups in total. The Kier molecular flexibility index (Phi) is 5.45. The van der Waals surface area contributed by atoms with Gasteiger partial charge in [0.2, 0.25) is 12.4 Å². The van der Waals surface area contributed by atoms with E-state index in [1.165, 1.54) is 12.4 Å². The lowest BCUT2D eigenvalue weighted by molar-refractivity contribution is -0.119. The number of benzene rings is 1. The van der Waals surface area contributed by atoms with Gasteiger partial charge in [-0.2, -0.15) is 0 Å². The number of rotatable bonds is 5. The largest absolute Gasteiger partial charge is 0.350 e. The molecule has 3 rings (SSSR count). The average molecular weight is 360 g/mol. The molecule has 2 amide bonds. The first kappa shape index (κ1) is 17.2. The van der Waals surface area contributed by atoms with Crippen LogP contribution in [0.15, 0.2) is 36.7 Å². The highest BCUT2D eigenvalue weighted by Crippen LogP contribution is 2.16. The molecular formula is C17H18ClN5O2. The van der Waals surface area contributed by atoms with Gasteiger partial charge in [-0.3, -0.25) is 9.59 Å². The number of carbonyl (C=O) groups excluding carboxylic acids is 2. The zero-order chi connectivity index (χ0) is 17.6. The molecule has 0 aliphatic carbocycles. The number of nitrogens with zero attached hydrogens (tertiary/aromatic N) is 4. The van der Waals surface area contributed by atoms with Crippen LogP contribution in [0.5, 0.6) is 0 Å². The van der Waals surface area contributed by atoms with E-state index in [0.29, 0.717) is 49.3 Å². The van der Waals surface area contributed by atoms with Gasteiger partial charge in [0.15, 0.2) is 0 Å². The Bertz CT molecular complexity index is 745. The smallest absolute Gasteiger partial charge is 0.257 e. The van der Waals surface area contributed by atoms with Crippen LogP contribution in [-0.2, 0) is 11.3 Å². The summed E-state index contributed by atoms with van der Waals surface area (Å²) in [5.74, 6) is 0.311. The molecule has 7 nitrogen and oxygen atoms in total. The van der Waals surface area contributed by atoms with Crippen LogP contribution in [0.2, 0.25) is 5.02 Å². The van der Waals surface area contributed by atoms with E-state index in [0.717, 1.165) is 12.0 Å². The Hall–Kier alpha value is -2.67. The van der Waals surface area contributed by atoms with Crippen molar-refractivity contribution in [1.29, 1.82) is 0 Å². The average Bonchev–Trinajstić information content (AvgIpc) is 2.67. The molecule has 0 saturated carbocycles. The molecule has 1 fully saturated rings. The van der Waals surface area contributed by atoms with Gasteiger partial charge in [-0.25, -0.2) is 9.97 Å². The van der Waals surface area contributed by atoms with E-state index in [2.05, 4.69) is 15.3 Å². The summed E-state index contributed by atoms with van der Waals surface area (Å²) in [7, 11) is 0. The Labute approximate surface area is 150 Å². The third kappa shape index (κ3) is 4.24. The second-order valence-corrected chi connectivity index (χ2v) is 6.08. The summed E-state index contributed by atoms with van der Waals surface area (Å²) in [6.07, 6.45) is 3.83. The van der Waals surface area contributed by atoms with Crippen molar-refractivity contribution in [3.63, 3.8) is 0 Å². The second kappa shape index (κ2) is 7.94. The van der Waals surface area contributed by atoms with Crippen LogP contribution < -0.4 is 5.32 Å². The summed E-state index contributed by atoms with van der Waals surface area (Å²) < 4.78 is 0. The van der Waals surface area contributed by atoms with Crippen molar-refractivity contribution < 1.29 is 9.59 Å². The Balaban J connectivity index is 1.57. The van der Waals surface area contributed by atoms with E-state index in [1.807, 2.05) is 24.3 Å². The minimum absolute atomic E-state index is 0.122. The summed E-state index contributed by atoms with van der Waals surface area (Å²) in [6, 6.07) is 7.53. The maximum absolute atomic E-state index is 12.4. The molecule has 8 heteroatoms. The number of hydrogen-bond acceptors (Lipinski definition) is 5. The van der Waals surface area contributed by atoms with Crippen LogP contribution >= 0.6 is 11.6 Å². The fourth-order valence-corrected chi connectivity index (χ4v) is 2.76. The lowest BCUT2D eigenvalue weighted by Gasteiger charge is -2.32. The molecule has 1 aromatic heterocycles. The fourth-order valence-electron chi connectivity index (χ4n) is 2.56. The summed E-state index contributed by atoms with van der Waals surface area (Å²) in [5, 5.41) is 3.76. The van der Waals surface area contributed by atoms with Gasteiger partial charge in [0.05, 0.1) is 5.56 Å². The van der Waals surface area contributed by atoms with Gasteiger partial charge in [0.25, 0.3) is 5.91 Å². The molecule has 130 valence electrons. The zero-order valence-corrected chi connectivity index (χ0v) is 14.3. The molecule has 2 heterocycles. The highest BCUT2D eigenvalue weighted by atomic mass is 35.5. The van der Waals surface area contributed by atoms with E-state index in [1.54, 1.807) is 9.80 Å². The van der Waals surface area contributed by atoms with Crippen molar-refractivity contribution >= 4 is 29.9 Å². The van der Waals surface area contributed by atoms with E-state index < -0.39 is 0 Å². The molecule has 0 bridgehead atoms. The van der Waals surface area contributed by atoms with Crippen molar-refractivity contribution in [1.82, 2.24) is 19.8 Å². The van der Waals surface area contributed by atoms with Gasteiger partial charge in [-0.1, -0.05) is 29.8 Å². The highest BCUT2D eigenvalue weighted by Gasteiger charge is 2.21. The van der Waals surface area contributed by atoms with Crippen molar-refractivity contribution in [3.05, 3.63) is 52.8 Å². The topological polar surface area (TPSA) is 78.4 Å². The normalized spacial score (nSPS) is 14.3.